The van der Waals surface area contributed by atoms with Crippen LogP contribution in [0.4, 0.5) is 4.39 Å². The molecule has 0 spiro atoms. The van der Waals surface area contributed by atoms with Gasteiger partial charge in [-0.05, 0) is 26.0 Å². The maximum absolute atomic E-state index is 13.8. The molecule has 0 aliphatic carbocycles. The molecule has 1 heterocycles. The normalized spacial score (nSPS) is 12.2. The number of rotatable bonds is 4. The molecule has 2 rings (SSSR count). The lowest BCUT2D eigenvalue weighted by molar-refractivity contribution is 0.0681. The van der Waals surface area contributed by atoms with E-state index in [2.05, 4.69) is 5.10 Å². The third-order valence-electron chi connectivity index (χ3n) is 3.57. The van der Waals surface area contributed by atoms with E-state index >= 15 is 0 Å². The van der Waals surface area contributed by atoms with Crippen molar-refractivity contribution in [3.05, 3.63) is 47.5 Å². The van der Waals surface area contributed by atoms with Gasteiger partial charge >= 0.3 is 0 Å². The molecular formula is C15H18FN3O2. The molecule has 112 valence electrons. The van der Waals surface area contributed by atoms with Gasteiger partial charge in [-0.2, -0.15) is 5.10 Å². The van der Waals surface area contributed by atoms with E-state index in [1.54, 1.807) is 39.1 Å². The van der Waals surface area contributed by atoms with Crippen LogP contribution in [-0.4, -0.2) is 45.4 Å². The molecule has 0 fully saturated rings. The van der Waals surface area contributed by atoms with Crippen LogP contribution in [0.3, 0.4) is 0 Å². The Morgan fingerprint density at radius 1 is 1.48 bits per heavy atom. The van der Waals surface area contributed by atoms with Crippen molar-refractivity contribution in [2.75, 3.05) is 13.7 Å². The molecule has 1 N–H and O–H groups in total. The number of aromatic nitrogens is 2. The van der Waals surface area contributed by atoms with Crippen molar-refractivity contribution in [2.45, 2.75) is 19.9 Å². The van der Waals surface area contributed by atoms with Crippen molar-refractivity contribution >= 4 is 5.91 Å². The first-order valence-corrected chi connectivity index (χ1v) is 6.65. The molecule has 1 unspecified atom stereocenters. The van der Waals surface area contributed by atoms with E-state index in [-0.39, 0.29) is 18.6 Å². The summed E-state index contributed by atoms with van der Waals surface area (Å²) in [7, 11) is 1.61. The summed E-state index contributed by atoms with van der Waals surface area (Å²) in [5, 5.41) is 13.2. The molecule has 0 saturated heterocycles. The molecule has 5 nitrogen and oxygen atoms in total. The van der Waals surface area contributed by atoms with E-state index in [1.165, 1.54) is 21.8 Å². The lowest BCUT2D eigenvalue weighted by atomic mass is 10.2. The predicted octanol–water partition coefficient (Wildman–Crippen LogP) is 1.77. The molecule has 0 aliphatic rings. The van der Waals surface area contributed by atoms with Crippen LogP contribution in [0.1, 0.15) is 23.0 Å². The number of benzene rings is 1. The second-order valence-electron chi connectivity index (χ2n) is 4.95. The van der Waals surface area contributed by atoms with Crippen LogP contribution in [0.15, 0.2) is 30.5 Å². The fraction of sp³-hybridized carbons (Fsp3) is 0.333. The highest BCUT2D eigenvalue weighted by molar-refractivity contribution is 5.95. The van der Waals surface area contributed by atoms with Gasteiger partial charge in [0.05, 0.1) is 30.1 Å². The van der Waals surface area contributed by atoms with Gasteiger partial charge in [0.15, 0.2) is 0 Å². The fourth-order valence-corrected chi connectivity index (χ4v) is 2.00. The second-order valence-corrected chi connectivity index (χ2v) is 4.95. The first-order chi connectivity index (χ1) is 9.97. The maximum Gasteiger partial charge on any atom is 0.257 e. The van der Waals surface area contributed by atoms with Gasteiger partial charge < -0.3 is 10.0 Å². The van der Waals surface area contributed by atoms with Crippen molar-refractivity contribution < 1.29 is 14.3 Å². The standard InChI is InChI=1S/C15H18FN3O2/c1-10(9-20)18(3)15(21)12-8-17-19(11(12)2)14-7-5-4-6-13(14)16/h4-8,10,20H,9H2,1-3H3. The van der Waals surface area contributed by atoms with Crippen LogP contribution in [-0.2, 0) is 0 Å². The van der Waals surface area contributed by atoms with Crippen LogP contribution >= 0.6 is 0 Å². The van der Waals surface area contributed by atoms with E-state index in [9.17, 15) is 9.18 Å². The van der Waals surface area contributed by atoms with Gasteiger partial charge in [0, 0.05) is 7.05 Å². The summed E-state index contributed by atoms with van der Waals surface area (Å²) in [4.78, 5) is 13.8. The number of halogens is 1. The van der Waals surface area contributed by atoms with Crippen LogP contribution in [0.2, 0.25) is 0 Å². The first-order valence-electron chi connectivity index (χ1n) is 6.65. The Hall–Kier alpha value is -2.21. The predicted molar refractivity (Wildman–Crippen MR) is 76.9 cm³/mol. The molecule has 1 aromatic carbocycles. The fourth-order valence-electron chi connectivity index (χ4n) is 2.00. The lowest BCUT2D eigenvalue weighted by Crippen LogP contribution is -2.37. The Bertz CT molecular complexity index is 654. The summed E-state index contributed by atoms with van der Waals surface area (Å²) in [5.41, 5.74) is 1.25. The molecule has 0 radical (unpaired) electrons. The quantitative estimate of drug-likeness (QED) is 0.934. The number of aliphatic hydroxyl groups excluding tert-OH is 1. The van der Waals surface area contributed by atoms with Crippen LogP contribution in [0, 0.1) is 12.7 Å². The number of para-hydroxylation sites is 1. The van der Waals surface area contributed by atoms with Gasteiger partial charge in [-0.15, -0.1) is 0 Å². The summed E-state index contributed by atoms with van der Waals surface area (Å²) >= 11 is 0. The minimum atomic E-state index is -0.403. The zero-order valence-electron chi connectivity index (χ0n) is 12.2. The molecule has 0 aliphatic heterocycles. The third-order valence-corrected chi connectivity index (χ3v) is 3.57. The highest BCUT2D eigenvalue weighted by Crippen LogP contribution is 2.18. The van der Waals surface area contributed by atoms with Crippen molar-refractivity contribution in [1.29, 1.82) is 0 Å². The largest absolute Gasteiger partial charge is 0.394 e. The van der Waals surface area contributed by atoms with Crippen molar-refractivity contribution in [2.24, 2.45) is 0 Å². The van der Waals surface area contributed by atoms with Gasteiger partial charge in [-0.1, -0.05) is 12.1 Å². The summed E-state index contributed by atoms with van der Waals surface area (Å²) < 4.78 is 15.2. The molecule has 1 atom stereocenters. The average molecular weight is 291 g/mol. The number of carbonyl (C=O) groups is 1. The summed E-state index contributed by atoms with van der Waals surface area (Å²) in [6.07, 6.45) is 1.42. The van der Waals surface area contributed by atoms with E-state index in [4.69, 9.17) is 5.11 Å². The number of hydrogen-bond acceptors (Lipinski definition) is 3. The zero-order chi connectivity index (χ0) is 15.6. The maximum atomic E-state index is 13.8. The zero-order valence-corrected chi connectivity index (χ0v) is 12.2. The molecule has 0 saturated carbocycles. The Morgan fingerprint density at radius 2 is 2.14 bits per heavy atom. The van der Waals surface area contributed by atoms with E-state index in [0.29, 0.717) is 16.9 Å². The van der Waals surface area contributed by atoms with Crippen LogP contribution < -0.4 is 0 Å². The van der Waals surface area contributed by atoms with Crippen molar-refractivity contribution in [1.82, 2.24) is 14.7 Å². The highest BCUT2D eigenvalue weighted by Gasteiger charge is 2.22. The molecule has 0 bridgehead atoms. The van der Waals surface area contributed by atoms with Gasteiger partial charge in [0.25, 0.3) is 5.91 Å². The van der Waals surface area contributed by atoms with Crippen LogP contribution in [0.5, 0.6) is 0 Å². The SMILES string of the molecule is Cc1c(C(=O)N(C)C(C)CO)cnn1-c1ccccc1F. The third kappa shape index (κ3) is 2.80. The van der Waals surface area contributed by atoms with E-state index in [0.717, 1.165) is 0 Å². The van der Waals surface area contributed by atoms with E-state index < -0.39 is 5.82 Å². The molecule has 1 aromatic heterocycles. The smallest absolute Gasteiger partial charge is 0.257 e. The van der Waals surface area contributed by atoms with Crippen LogP contribution in [0.25, 0.3) is 5.69 Å². The number of hydrogen-bond donors (Lipinski definition) is 1. The molecule has 2 aromatic rings. The van der Waals surface area contributed by atoms with Gasteiger partial charge in [-0.3, -0.25) is 4.79 Å². The minimum Gasteiger partial charge on any atom is -0.394 e. The number of amides is 1. The van der Waals surface area contributed by atoms with Crippen molar-refractivity contribution in [3.63, 3.8) is 0 Å². The first kappa shape index (κ1) is 15.2. The molecule has 21 heavy (non-hydrogen) atoms. The van der Waals surface area contributed by atoms with Gasteiger partial charge in [0.1, 0.15) is 11.5 Å². The molecular weight excluding hydrogens is 273 g/mol. The lowest BCUT2D eigenvalue weighted by Gasteiger charge is -2.22. The summed E-state index contributed by atoms with van der Waals surface area (Å²) in [5.74, 6) is -0.656. The Balaban J connectivity index is 2.38. The number of aliphatic hydroxyl groups is 1. The Kier molecular flexibility index (Phi) is 4.37. The average Bonchev–Trinajstić information content (AvgIpc) is 2.87. The molecule has 1 amide bonds. The topological polar surface area (TPSA) is 58.4 Å². The van der Waals surface area contributed by atoms with Crippen molar-refractivity contribution in [3.8, 4) is 5.69 Å². The molecule has 6 heteroatoms. The Labute approximate surface area is 122 Å². The highest BCUT2D eigenvalue weighted by atomic mass is 19.1. The number of likely N-dealkylation sites (N-methyl/N-ethyl adjacent to an activating group) is 1. The summed E-state index contributed by atoms with van der Waals surface area (Å²) in [6.45, 7) is 3.33. The summed E-state index contributed by atoms with van der Waals surface area (Å²) in [6, 6.07) is 5.96. The van der Waals surface area contributed by atoms with Gasteiger partial charge in [-0.25, -0.2) is 9.07 Å². The van der Waals surface area contributed by atoms with E-state index in [1.807, 2.05) is 0 Å². The Morgan fingerprint density at radius 3 is 2.76 bits per heavy atom. The second kappa shape index (κ2) is 6.05. The number of carbonyl (C=O) groups excluding carboxylic acids is 1. The van der Waals surface area contributed by atoms with Gasteiger partial charge in [0.2, 0.25) is 0 Å². The minimum absolute atomic E-state index is 0.122. The number of nitrogens with zero attached hydrogens (tertiary/aromatic N) is 3. The monoisotopic (exact) mass is 291 g/mol.